The summed E-state index contributed by atoms with van der Waals surface area (Å²) < 4.78 is 1.82. The normalized spacial score (nSPS) is 10.7. The Balaban J connectivity index is 1.56. The Morgan fingerprint density at radius 1 is 1.10 bits per heavy atom. The monoisotopic (exact) mass is 298 g/mol. The predicted octanol–water partition coefficient (Wildman–Crippen LogP) is 3.56. The number of thiophene rings is 1. The fourth-order valence-electron chi connectivity index (χ4n) is 2.13. The predicted molar refractivity (Wildman–Crippen MR) is 86.6 cm³/mol. The summed E-state index contributed by atoms with van der Waals surface area (Å²) in [5, 5.41) is 7.57. The second kappa shape index (κ2) is 6.54. The lowest BCUT2D eigenvalue weighted by Gasteiger charge is -2.06. The number of anilines is 1. The lowest BCUT2D eigenvalue weighted by atomic mass is 10.2. The van der Waals surface area contributed by atoms with Crippen molar-refractivity contribution in [1.82, 2.24) is 14.8 Å². The zero-order valence-corrected chi connectivity index (χ0v) is 12.8. The van der Waals surface area contributed by atoms with E-state index < -0.39 is 0 Å². The van der Waals surface area contributed by atoms with Gasteiger partial charge < -0.3 is 5.32 Å². The fourth-order valence-corrected chi connectivity index (χ4v) is 3.02. The van der Waals surface area contributed by atoms with Crippen LogP contribution in [0.5, 0.6) is 0 Å². The van der Waals surface area contributed by atoms with Crippen molar-refractivity contribution in [1.29, 1.82) is 0 Å². The minimum atomic E-state index is 0.755. The molecule has 0 unspecified atom stereocenters. The average Bonchev–Trinajstić information content (AvgIpc) is 3.18. The quantitative estimate of drug-likeness (QED) is 0.756. The molecule has 5 heteroatoms. The van der Waals surface area contributed by atoms with Crippen LogP contribution >= 0.6 is 11.3 Å². The van der Waals surface area contributed by atoms with E-state index in [0.717, 1.165) is 25.2 Å². The number of benzene rings is 1. The largest absolute Gasteiger partial charge is 0.380 e. The molecule has 4 nitrogen and oxygen atoms in total. The van der Waals surface area contributed by atoms with Crippen LogP contribution in [0, 0.1) is 0 Å². The summed E-state index contributed by atoms with van der Waals surface area (Å²) in [6, 6.07) is 12.9. The van der Waals surface area contributed by atoms with Crippen LogP contribution in [0.4, 0.5) is 5.69 Å². The van der Waals surface area contributed by atoms with Gasteiger partial charge >= 0.3 is 0 Å². The van der Waals surface area contributed by atoms with Gasteiger partial charge in [0.2, 0.25) is 0 Å². The minimum absolute atomic E-state index is 0.755. The van der Waals surface area contributed by atoms with Gasteiger partial charge in [0.25, 0.3) is 0 Å². The first-order chi connectivity index (χ1) is 10.3. The molecule has 0 amide bonds. The standard InChI is InChI=1S/C16H18N4S/c1-2-15-7-8-16(21-15)9-18-14-5-3-13(4-6-14)10-20-12-17-11-19-20/h3-8,11-12,18H,2,9-10H2,1H3. The van der Waals surface area contributed by atoms with Crippen molar-refractivity contribution in [2.75, 3.05) is 5.32 Å². The summed E-state index contributed by atoms with van der Waals surface area (Å²) in [5.41, 5.74) is 2.36. The van der Waals surface area contributed by atoms with E-state index in [1.807, 2.05) is 16.0 Å². The molecule has 0 aliphatic rings. The Morgan fingerprint density at radius 3 is 2.57 bits per heavy atom. The lowest BCUT2D eigenvalue weighted by Crippen LogP contribution is -2.01. The summed E-state index contributed by atoms with van der Waals surface area (Å²) in [4.78, 5) is 6.76. The van der Waals surface area contributed by atoms with E-state index in [1.54, 1.807) is 12.7 Å². The number of hydrogen-bond donors (Lipinski definition) is 1. The molecule has 0 saturated carbocycles. The SMILES string of the molecule is CCc1ccc(CNc2ccc(Cn3cncn3)cc2)s1. The van der Waals surface area contributed by atoms with E-state index in [0.29, 0.717) is 0 Å². The topological polar surface area (TPSA) is 42.7 Å². The highest BCUT2D eigenvalue weighted by atomic mass is 32.1. The smallest absolute Gasteiger partial charge is 0.137 e. The van der Waals surface area contributed by atoms with Crippen molar-refractivity contribution in [2.24, 2.45) is 0 Å². The molecule has 0 aliphatic carbocycles. The van der Waals surface area contributed by atoms with Crippen LogP contribution in [0.2, 0.25) is 0 Å². The molecule has 0 fully saturated rings. The van der Waals surface area contributed by atoms with Gasteiger partial charge in [-0.15, -0.1) is 11.3 Å². The Kier molecular flexibility index (Phi) is 4.31. The zero-order chi connectivity index (χ0) is 14.5. The summed E-state index contributed by atoms with van der Waals surface area (Å²) >= 11 is 1.88. The van der Waals surface area contributed by atoms with Crippen LogP contribution in [0.3, 0.4) is 0 Å². The minimum Gasteiger partial charge on any atom is -0.380 e. The van der Waals surface area contributed by atoms with Crippen molar-refractivity contribution in [3.05, 3.63) is 64.4 Å². The molecule has 0 spiro atoms. The lowest BCUT2D eigenvalue weighted by molar-refractivity contribution is 0.685. The molecule has 3 aromatic rings. The second-order valence-corrected chi connectivity index (χ2v) is 6.12. The first kappa shape index (κ1) is 13.8. The van der Waals surface area contributed by atoms with E-state index in [9.17, 15) is 0 Å². The maximum atomic E-state index is 4.11. The molecule has 0 bridgehead atoms. The van der Waals surface area contributed by atoms with E-state index in [1.165, 1.54) is 15.3 Å². The molecule has 3 rings (SSSR count). The average molecular weight is 298 g/mol. The molecule has 0 aliphatic heterocycles. The third-order valence-electron chi connectivity index (χ3n) is 3.30. The summed E-state index contributed by atoms with van der Waals surface area (Å²) in [6.45, 7) is 3.83. The van der Waals surface area contributed by atoms with Crippen LogP contribution in [0.1, 0.15) is 22.2 Å². The molecule has 1 aromatic carbocycles. The van der Waals surface area contributed by atoms with Gasteiger partial charge in [-0.3, -0.25) is 0 Å². The molecule has 1 N–H and O–H groups in total. The van der Waals surface area contributed by atoms with Gasteiger partial charge in [-0.2, -0.15) is 5.10 Å². The molecule has 0 saturated heterocycles. The van der Waals surface area contributed by atoms with Crippen LogP contribution in [0.25, 0.3) is 0 Å². The highest BCUT2D eigenvalue weighted by Gasteiger charge is 2.00. The highest BCUT2D eigenvalue weighted by molar-refractivity contribution is 7.12. The van der Waals surface area contributed by atoms with Gasteiger partial charge in [-0.05, 0) is 36.2 Å². The van der Waals surface area contributed by atoms with Gasteiger partial charge in [0.15, 0.2) is 0 Å². The van der Waals surface area contributed by atoms with Crippen molar-refractivity contribution < 1.29 is 0 Å². The Hall–Kier alpha value is -2.14. The van der Waals surface area contributed by atoms with E-state index in [4.69, 9.17) is 0 Å². The summed E-state index contributed by atoms with van der Waals surface area (Å²) in [7, 11) is 0. The number of aryl methyl sites for hydroxylation is 1. The zero-order valence-electron chi connectivity index (χ0n) is 12.0. The Bertz CT molecular complexity index is 671. The second-order valence-electron chi connectivity index (χ2n) is 4.87. The van der Waals surface area contributed by atoms with Crippen LogP contribution in [-0.2, 0) is 19.5 Å². The van der Waals surface area contributed by atoms with Gasteiger partial charge in [-0.25, -0.2) is 9.67 Å². The number of nitrogens with one attached hydrogen (secondary N) is 1. The third-order valence-corrected chi connectivity index (χ3v) is 4.53. The molecular weight excluding hydrogens is 280 g/mol. The van der Waals surface area contributed by atoms with Gasteiger partial charge in [0.1, 0.15) is 12.7 Å². The summed E-state index contributed by atoms with van der Waals surface area (Å²) in [6.07, 6.45) is 4.40. The molecule has 21 heavy (non-hydrogen) atoms. The van der Waals surface area contributed by atoms with Crippen molar-refractivity contribution in [3.8, 4) is 0 Å². The van der Waals surface area contributed by atoms with Crippen molar-refractivity contribution >= 4 is 17.0 Å². The van der Waals surface area contributed by atoms with Crippen LogP contribution < -0.4 is 5.32 Å². The molecule has 2 aromatic heterocycles. The number of hydrogen-bond acceptors (Lipinski definition) is 4. The fraction of sp³-hybridized carbons (Fsp3) is 0.250. The van der Waals surface area contributed by atoms with Crippen molar-refractivity contribution in [3.63, 3.8) is 0 Å². The summed E-state index contributed by atoms with van der Waals surface area (Å²) in [5.74, 6) is 0. The molecule has 108 valence electrons. The van der Waals surface area contributed by atoms with E-state index >= 15 is 0 Å². The first-order valence-corrected chi connectivity index (χ1v) is 7.88. The van der Waals surface area contributed by atoms with Crippen LogP contribution in [0.15, 0.2) is 49.1 Å². The highest BCUT2D eigenvalue weighted by Crippen LogP contribution is 2.19. The van der Waals surface area contributed by atoms with E-state index in [2.05, 4.69) is 58.7 Å². The van der Waals surface area contributed by atoms with Gasteiger partial charge in [-0.1, -0.05) is 19.1 Å². The Morgan fingerprint density at radius 2 is 1.90 bits per heavy atom. The van der Waals surface area contributed by atoms with Gasteiger partial charge in [0.05, 0.1) is 6.54 Å². The molecule has 0 radical (unpaired) electrons. The van der Waals surface area contributed by atoms with Gasteiger partial charge in [0, 0.05) is 22.0 Å². The van der Waals surface area contributed by atoms with Crippen LogP contribution in [-0.4, -0.2) is 14.8 Å². The molecule has 0 atom stereocenters. The third kappa shape index (κ3) is 3.70. The van der Waals surface area contributed by atoms with Crippen molar-refractivity contribution in [2.45, 2.75) is 26.4 Å². The molecule has 2 heterocycles. The Labute approximate surface area is 128 Å². The number of aromatic nitrogens is 3. The maximum absolute atomic E-state index is 4.11. The first-order valence-electron chi connectivity index (χ1n) is 7.06. The number of rotatable bonds is 6. The number of nitrogens with zero attached hydrogens (tertiary/aromatic N) is 3. The van der Waals surface area contributed by atoms with E-state index in [-0.39, 0.29) is 0 Å². The molecular formula is C16H18N4S. The maximum Gasteiger partial charge on any atom is 0.137 e.